The first-order valence-corrected chi connectivity index (χ1v) is 13.8. The quantitative estimate of drug-likeness (QED) is 0.501. The third kappa shape index (κ3) is 6.99. The van der Waals surface area contributed by atoms with Crippen LogP contribution in [0.5, 0.6) is 0 Å². The lowest BCUT2D eigenvalue weighted by Crippen LogP contribution is -2.30. The zero-order valence-corrected chi connectivity index (χ0v) is 22.0. The largest absolute Gasteiger partial charge is 0.371 e. The fourth-order valence-corrected chi connectivity index (χ4v) is 5.22. The second kappa shape index (κ2) is 13.7. The average Bonchev–Trinajstić information content (AvgIpc) is 2.93. The Morgan fingerprint density at radius 1 is 0.706 bits per heavy atom. The first-order chi connectivity index (χ1) is 16.6. The van der Waals surface area contributed by atoms with Gasteiger partial charge >= 0.3 is 0 Å². The Kier molecular flexibility index (Phi) is 10.7. The molecule has 1 unspecified atom stereocenters. The number of hydrogen-bond acceptors (Lipinski definition) is 4. The number of piperidine rings is 2. The molecule has 4 heteroatoms. The molecular formula is C30H48N4. The highest BCUT2D eigenvalue weighted by Crippen LogP contribution is 2.29. The molecule has 1 atom stereocenters. The summed E-state index contributed by atoms with van der Waals surface area (Å²) in [6.07, 6.45) is 10.3. The minimum atomic E-state index is 0.630. The number of hydrogen-bond donors (Lipinski definition) is 2. The van der Waals surface area contributed by atoms with E-state index in [1.807, 2.05) is 0 Å². The molecule has 0 radical (unpaired) electrons. The molecule has 0 saturated carbocycles. The normalized spacial score (nSPS) is 17.2. The maximum absolute atomic E-state index is 5.94. The summed E-state index contributed by atoms with van der Waals surface area (Å²) in [5.74, 6) is 0.630. The summed E-state index contributed by atoms with van der Waals surface area (Å²) < 4.78 is 0. The molecule has 0 spiro atoms. The molecule has 2 aliphatic rings. The van der Waals surface area contributed by atoms with E-state index in [0.29, 0.717) is 19.0 Å². The molecule has 0 aliphatic carbocycles. The standard InChI is InChI=1S/C16H26N2.C14H22N2/c1-3-13(2)14-7-8-16(15(11-14)12-17)18-9-5-4-6-10-18;1-2-12-6-7-14(13(10-12)11-15)16-8-4-3-5-9-16/h7-8,11,13H,3-6,9-10,12,17H2,1-2H3;6-7,10H,2-5,8-9,11,15H2,1H3. The van der Waals surface area contributed by atoms with E-state index in [-0.39, 0.29) is 0 Å². The molecule has 0 amide bonds. The van der Waals surface area contributed by atoms with Gasteiger partial charge in [-0.25, -0.2) is 0 Å². The summed E-state index contributed by atoms with van der Waals surface area (Å²) in [6.45, 7) is 12.8. The van der Waals surface area contributed by atoms with Crippen molar-refractivity contribution in [2.45, 2.75) is 91.1 Å². The first kappa shape index (κ1) is 26.6. The van der Waals surface area contributed by atoms with E-state index in [9.17, 15) is 0 Å². The molecule has 2 aromatic carbocycles. The van der Waals surface area contributed by atoms with Gasteiger partial charge in [-0.2, -0.15) is 0 Å². The fourth-order valence-electron chi connectivity index (χ4n) is 5.22. The maximum atomic E-state index is 5.94. The Morgan fingerprint density at radius 3 is 1.68 bits per heavy atom. The van der Waals surface area contributed by atoms with Crippen molar-refractivity contribution in [3.05, 3.63) is 58.7 Å². The lowest BCUT2D eigenvalue weighted by molar-refractivity contribution is 0.576. The minimum absolute atomic E-state index is 0.630. The van der Waals surface area contributed by atoms with E-state index >= 15 is 0 Å². The van der Waals surface area contributed by atoms with Gasteiger partial charge in [0, 0.05) is 50.6 Å². The van der Waals surface area contributed by atoms with Gasteiger partial charge in [0.05, 0.1) is 0 Å². The number of benzene rings is 2. The summed E-state index contributed by atoms with van der Waals surface area (Å²) >= 11 is 0. The zero-order valence-electron chi connectivity index (χ0n) is 22.0. The molecule has 4 nitrogen and oxygen atoms in total. The van der Waals surface area contributed by atoms with Crippen molar-refractivity contribution in [1.82, 2.24) is 0 Å². The lowest BCUT2D eigenvalue weighted by Gasteiger charge is -2.31. The maximum Gasteiger partial charge on any atom is 0.0411 e. The van der Waals surface area contributed by atoms with Crippen molar-refractivity contribution in [3.63, 3.8) is 0 Å². The summed E-state index contributed by atoms with van der Waals surface area (Å²) in [4.78, 5) is 5.00. The smallest absolute Gasteiger partial charge is 0.0411 e. The Balaban J connectivity index is 0.000000192. The summed E-state index contributed by atoms with van der Waals surface area (Å²) in [5.41, 5.74) is 20.0. The van der Waals surface area contributed by atoms with Crippen LogP contribution in [0.1, 0.15) is 93.9 Å². The topological polar surface area (TPSA) is 58.5 Å². The van der Waals surface area contributed by atoms with E-state index in [2.05, 4.69) is 67.0 Å². The van der Waals surface area contributed by atoms with Gasteiger partial charge in [0.15, 0.2) is 0 Å². The molecule has 2 fully saturated rings. The van der Waals surface area contributed by atoms with Crippen molar-refractivity contribution in [2.24, 2.45) is 11.5 Å². The number of aryl methyl sites for hydroxylation is 1. The van der Waals surface area contributed by atoms with E-state index in [4.69, 9.17) is 11.5 Å². The van der Waals surface area contributed by atoms with Gasteiger partial charge in [-0.1, -0.05) is 45.0 Å². The summed E-state index contributed by atoms with van der Waals surface area (Å²) in [5, 5.41) is 0. The molecule has 0 aromatic heterocycles. The molecule has 2 aromatic rings. The van der Waals surface area contributed by atoms with Crippen molar-refractivity contribution in [2.75, 3.05) is 36.0 Å². The van der Waals surface area contributed by atoms with Crippen LogP contribution in [0.4, 0.5) is 11.4 Å². The highest BCUT2D eigenvalue weighted by atomic mass is 15.1. The number of anilines is 2. The first-order valence-electron chi connectivity index (χ1n) is 13.8. The van der Waals surface area contributed by atoms with E-state index in [1.165, 1.54) is 105 Å². The van der Waals surface area contributed by atoms with Gasteiger partial charge < -0.3 is 21.3 Å². The number of rotatable bonds is 7. The average molecular weight is 465 g/mol. The lowest BCUT2D eigenvalue weighted by atomic mass is 9.95. The number of nitrogens with two attached hydrogens (primary N) is 2. The van der Waals surface area contributed by atoms with Gasteiger partial charge in [-0.05, 0) is 91.7 Å². The predicted octanol–water partition coefficient (Wildman–Crippen LogP) is 6.35. The van der Waals surface area contributed by atoms with Gasteiger partial charge in [0.1, 0.15) is 0 Å². The monoisotopic (exact) mass is 464 g/mol. The molecule has 2 heterocycles. The fraction of sp³-hybridized carbons (Fsp3) is 0.600. The van der Waals surface area contributed by atoms with Crippen LogP contribution in [-0.2, 0) is 19.5 Å². The van der Waals surface area contributed by atoms with Crippen molar-refractivity contribution in [1.29, 1.82) is 0 Å². The molecule has 2 aliphatic heterocycles. The Morgan fingerprint density at radius 2 is 1.21 bits per heavy atom. The van der Waals surface area contributed by atoms with Crippen LogP contribution >= 0.6 is 0 Å². The van der Waals surface area contributed by atoms with Crippen LogP contribution < -0.4 is 21.3 Å². The summed E-state index contributed by atoms with van der Waals surface area (Å²) in [6, 6.07) is 13.7. The van der Waals surface area contributed by atoms with Crippen LogP contribution in [0.15, 0.2) is 36.4 Å². The van der Waals surface area contributed by atoms with Crippen LogP contribution in [0, 0.1) is 0 Å². The Bertz CT molecular complexity index is 866. The Labute approximate surface area is 208 Å². The highest BCUT2D eigenvalue weighted by molar-refractivity contribution is 5.56. The van der Waals surface area contributed by atoms with Crippen LogP contribution in [0.25, 0.3) is 0 Å². The highest BCUT2D eigenvalue weighted by Gasteiger charge is 2.16. The van der Waals surface area contributed by atoms with Gasteiger partial charge in [0.25, 0.3) is 0 Å². The van der Waals surface area contributed by atoms with E-state index in [1.54, 1.807) is 0 Å². The second-order valence-electron chi connectivity index (χ2n) is 10.0. The Hall–Kier alpha value is -2.04. The molecular weight excluding hydrogens is 416 g/mol. The third-order valence-corrected chi connectivity index (χ3v) is 7.67. The van der Waals surface area contributed by atoms with Crippen molar-refractivity contribution in [3.8, 4) is 0 Å². The van der Waals surface area contributed by atoms with E-state index in [0.717, 1.165) is 6.42 Å². The molecule has 4 N–H and O–H groups in total. The summed E-state index contributed by atoms with van der Waals surface area (Å²) in [7, 11) is 0. The SMILES string of the molecule is CCC(C)c1ccc(N2CCCCC2)c(CN)c1.CCc1ccc(N2CCCCC2)c(CN)c1. The van der Waals surface area contributed by atoms with Crippen LogP contribution in [-0.4, -0.2) is 26.2 Å². The van der Waals surface area contributed by atoms with Crippen LogP contribution in [0.2, 0.25) is 0 Å². The number of nitrogens with zero attached hydrogens (tertiary/aromatic N) is 2. The van der Waals surface area contributed by atoms with Gasteiger partial charge in [-0.15, -0.1) is 0 Å². The van der Waals surface area contributed by atoms with Crippen molar-refractivity contribution >= 4 is 11.4 Å². The molecule has 188 valence electrons. The zero-order chi connectivity index (χ0) is 24.3. The molecule has 0 bridgehead atoms. The van der Waals surface area contributed by atoms with Crippen LogP contribution in [0.3, 0.4) is 0 Å². The second-order valence-corrected chi connectivity index (χ2v) is 10.0. The third-order valence-electron chi connectivity index (χ3n) is 7.67. The van der Waals surface area contributed by atoms with Crippen molar-refractivity contribution < 1.29 is 0 Å². The van der Waals surface area contributed by atoms with Gasteiger partial charge in [-0.3, -0.25) is 0 Å². The molecule has 2 saturated heterocycles. The van der Waals surface area contributed by atoms with Gasteiger partial charge in [0.2, 0.25) is 0 Å². The minimum Gasteiger partial charge on any atom is -0.371 e. The van der Waals surface area contributed by atoms with E-state index < -0.39 is 0 Å². The molecule has 4 rings (SSSR count). The predicted molar refractivity (Wildman–Crippen MR) is 149 cm³/mol. The molecule has 34 heavy (non-hydrogen) atoms.